The summed E-state index contributed by atoms with van der Waals surface area (Å²) < 4.78 is 15.7. The summed E-state index contributed by atoms with van der Waals surface area (Å²) in [5.74, 6) is 1.78. The Balaban J connectivity index is 1.07. The fourth-order valence-corrected chi connectivity index (χ4v) is 9.58. The van der Waals surface area contributed by atoms with Crippen molar-refractivity contribution in [1.29, 1.82) is 0 Å². The second-order valence-electron chi connectivity index (χ2n) is 14.3. The van der Waals surface area contributed by atoms with Gasteiger partial charge in [0.05, 0.1) is 5.56 Å². The fraction of sp³-hybridized carbons (Fsp3) is 0. The number of furan rings is 2. The summed E-state index contributed by atoms with van der Waals surface area (Å²) >= 11 is 1.84. The number of para-hydroxylation sites is 3. The molecule has 0 unspecified atom stereocenters. The van der Waals surface area contributed by atoms with Gasteiger partial charge >= 0.3 is 0 Å². The van der Waals surface area contributed by atoms with Gasteiger partial charge in [0.25, 0.3) is 0 Å². The number of nitrogens with zero attached hydrogens (tertiary/aromatic N) is 3. The second-order valence-corrected chi connectivity index (χ2v) is 15.3. The van der Waals surface area contributed by atoms with Crippen molar-refractivity contribution in [2.75, 3.05) is 0 Å². The highest BCUT2D eigenvalue weighted by molar-refractivity contribution is 7.26. The Morgan fingerprint density at radius 2 is 0.930 bits per heavy atom. The van der Waals surface area contributed by atoms with E-state index in [-0.39, 0.29) is 0 Å². The Morgan fingerprint density at radius 3 is 1.68 bits per heavy atom. The molecular weight excluding hydrogens is 719 g/mol. The largest absolute Gasteiger partial charge is 0.456 e. The Bertz CT molecular complexity index is 3470. The van der Waals surface area contributed by atoms with E-state index in [2.05, 4.69) is 97.1 Å². The molecule has 12 rings (SSSR count). The molecule has 5 nitrogen and oxygen atoms in total. The van der Waals surface area contributed by atoms with Gasteiger partial charge in [-0.3, -0.25) is 0 Å². The molecule has 0 aliphatic carbocycles. The van der Waals surface area contributed by atoms with Gasteiger partial charge < -0.3 is 8.83 Å². The van der Waals surface area contributed by atoms with Gasteiger partial charge in [-0.1, -0.05) is 146 Å². The van der Waals surface area contributed by atoms with Crippen molar-refractivity contribution in [2.24, 2.45) is 0 Å². The van der Waals surface area contributed by atoms with Crippen molar-refractivity contribution in [1.82, 2.24) is 15.0 Å². The van der Waals surface area contributed by atoms with Gasteiger partial charge in [0, 0.05) is 58.4 Å². The van der Waals surface area contributed by atoms with Crippen LogP contribution in [0.25, 0.3) is 120 Å². The summed E-state index contributed by atoms with van der Waals surface area (Å²) in [6, 6.07) is 60.9. The minimum atomic E-state index is 0.562. The summed E-state index contributed by atoms with van der Waals surface area (Å²) in [4.78, 5) is 15.0. The molecule has 0 amide bonds. The van der Waals surface area contributed by atoms with Gasteiger partial charge in [-0.05, 0) is 47.0 Å². The summed E-state index contributed by atoms with van der Waals surface area (Å²) in [6.07, 6.45) is 0. The quantitative estimate of drug-likeness (QED) is 0.175. The van der Waals surface area contributed by atoms with Crippen LogP contribution >= 0.6 is 11.3 Å². The molecular formula is C51H29N3O2S. The molecule has 12 aromatic rings. The summed E-state index contributed by atoms with van der Waals surface area (Å²) in [5.41, 5.74) is 10.5. The molecule has 0 fully saturated rings. The van der Waals surface area contributed by atoms with E-state index in [1.807, 2.05) is 90.2 Å². The molecule has 0 aliphatic heterocycles. The topological polar surface area (TPSA) is 65.0 Å². The number of benzene rings is 8. The molecule has 0 bridgehead atoms. The molecule has 0 N–H and O–H groups in total. The van der Waals surface area contributed by atoms with Gasteiger partial charge in [-0.15, -0.1) is 11.3 Å². The first kappa shape index (κ1) is 31.9. The molecule has 0 radical (unpaired) electrons. The Labute approximate surface area is 330 Å². The van der Waals surface area contributed by atoms with Crippen LogP contribution in [-0.4, -0.2) is 15.0 Å². The van der Waals surface area contributed by atoms with Gasteiger partial charge in [-0.25, -0.2) is 15.0 Å². The van der Waals surface area contributed by atoms with Crippen LogP contribution in [0.15, 0.2) is 185 Å². The van der Waals surface area contributed by atoms with E-state index in [4.69, 9.17) is 23.8 Å². The predicted octanol–water partition coefficient (Wildman–Crippen LogP) is 14.4. The predicted molar refractivity (Wildman–Crippen MR) is 234 cm³/mol. The van der Waals surface area contributed by atoms with Gasteiger partial charge in [0.1, 0.15) is 22.3 Å². The minimum absolute atomic E-state index is 0.562. The second kappa shape index (κ2) is 12.6. The van der Waals surface area contributed by atoms with Crippen LogP contribution in [0.5, 0.6) is 0 Å². The normalized spacial score (nSPS) is 11.9. The van der Waals surface area contributed by atoms with E-state index in [0.717, 1.165) is 77.3 Å². The third-order valence-electron chi connectivity index (χ3n) is 11.0. The average Bonchev–Trinajstić information content (AvgIpc) is 3.98. The summed E-state index contributed by atoms with van der Waals surface area (Å²) in [6.45, 7) is 0. The molecule has 4 heterocycles. The maximum absolute atomic E-state index is 7.04. The lowest BCUT2D eigenvalue weighted by atomic mass is 9.93. The van der Waals surface area contributed by atoms with Crippen LogP contribution in [0.4, 0.5) is 0 Å². The van der Waals surface area contributed by atoms with E-state index in [0.29, 0.717) is 17.5 Å². The average molecular weight is 748 g/mol. The lowest BCUT2D eigenvalue weighted by Gasteiger charge is -2.10. The maximum Gasteiger partial charge on any atom is 0.167 e. The van der Waals surface area contributed by atoms with Crippen molar-refractivity contribution in [3.8, 4) is 56.4 Å². The number of hydrogen-bond donors (Lipinski definition) is 0. The smallest absolute Gasteiger partial charge is 0.167 e. The van der Waals surface area contributed by atoms with Crippen LogP contribution in [0.2, 0.25) is 0 Å². The summed E-state index contributed by atoms with van der Waals surface area (Å²) in [7, 11) is 0. The van der Waals surface area contributed by atoms with Gasteiger partial charge in [0.2, 0.25) is 0 Å². The van der Waals surface area contributed by atoms with Crippen LogP contribution in [0.3, 0.4) is 0 Å². The number of aromatic nitrogens is 3. The van der Waals surface area contributed by atoms with E-state index in [1.54, 1.807) is 0 Å². The molecule has 266 valence electrons. The van der Waals surface area contributed by atoms with E-state index in [1.165, 1.54) is 25.7 Å². The standard InChI is InChI=1S/C51H29N3O2S/c1-3-13-30(14-4-1)49-52-50(31-15-5-2-6-16-31)54-51(53-49)40-22-12-21-38-37-20-11-19-36(46(37)56-47(38)40)35-27-26-33(48-45(35)39-18-8-10-24-44(39)57-48)32-25-28-43-41(29-32)34-17-7-9-23-42(34)55-43/h1-29H. The third-order valence-corrected chi connectivity index (χ3v) is 12.2. The molecule has 0 aliphatic rings. The minimum Gasteiger partial charge on any atom is -0.456 e. The first-order valence-corrected chi connectivity index (χ1v) is 19.7. The zero-order valence-corrected chi connectivity index (χ0v) is 31.1. The SMILES string of the molecule is c1ccc(-c2nc(-c3ccccc3)nc(-c3cccc4c3oc3c(-c5ccc(-c6ccc7oc8ccccc8c7c6)c6sc7ccccc7c56)cccc34)n2)cc1. The Kier molecular flexibility index (Phi) is 7.03. The molecule has 0 spiro atoms. The van der Waals surface area contributed by atoms with Crippen LogP contribution < -0.4 is 0 Å². The fourth-order valence-electron chi connectivity index (χ4n) is 8.31. The highest BCUT2D eigenvalue weighted by Crippen LogP contribution is 2.48. The summed E-state index contributed by atoms with van der Waals surface area (Å²) in [5, 5.41) is 6.74. The van der Waals surface area contributed by atoms with Crippen LogP contribution in [0, 0.1) is 0 Å². The molecule has 0 saturated heterocycles. The molecule has 0 atom stereocenters. The lowest BCUT2D eigenvalue weighted by Crippen LogP contribution is -2.00. The van der Waals surface area contributed by atoms with Crippen molar-refractivity contribution >= 4 is 75.4 Å². The highest BCUT2D eigenvalue weighted by atomic mass is 32.1. The number of fused-ring (bicyclic) bond motifs is 9. The molecule has 6 heteroatoms. The Morgan fingerprint density at radius 1 is 0.351 bits per heavy atom. The van der Waals surface area contributed by atoms with Crippen molar-refractivity contribution in [3.05, 3.63) is 176 Å². The lowest BCUT2D eigenvalue weighted by molar-refractivity contribution is 0.669. The third kappa shape index (κ3) is 5.04. The van der Waals surface area contributed by atoms with Crippen molar-refractivity contribution in [3.63, 3.8) is 0 Å². The zero-order chi connectivity index (χ0) is 37.5. The first-order valence-electron chi connectivity index (χ1n) is 18.9. The molecule has 8 aromatic carbocycles. The van der Waals surface area contributed by atoms with Gasteiger partial charge in [-0.2, -0.15) is 0 Å². The monoisotopic (exact) mass is 747 g/mol. The van der Waals surface area contributed by atoms with Crippen molar-refractivity contribution in [2.45, 2.75) is 0 Å². The highest BCUT2D eigenvalue weighted by Gasteiger charge is 2.22. The van der Waals surface area contributed by atoms with E-state index in [9.17, 15) is 0 Å². The number of thiophene rings is 1. The van der Waals surface area contributed by atoms with Gasteiger partial charge in [0.15, 0.2) is 17.5 Å². The Hall–Kier alpha value is -7.41. The van der Waals surface area contributed by atoms with Crippen molar-refractivity contribution < 1.29 is 8.83 Å². The number of hydrogen-bond acceptors (Lipinski definition) is 6. The van der Waals surface area contributed by atoms with E-state index >= 15 is 0 Å². The molecule has 4 aromatic heterocycles. The molecule has 0 saturated carbocycles. The van der Waals surface area contributed by atoms with Crippen LogP contribution in [-0.2, 0) is 0 Å². The maximum atomic E-state index is 7.04. The van der Waals surface area contributed by atoms with E-state index < -0.39 is 0 Å². The van der Waals surface area contributed by atoms with Crippen LogP contribution in [0.1, 0.15) is 0 Å². The molecule has 57 heavy (non-hydrogen) atoms. The number of rotatable bonds is 5. The first-order chi connectivity index (χ1) is 28.2. The zero-order valence-electron chi connectivity index (χ0n) is 30.3.